The van der Waals surface area contributed by atoms with Gasteiger partial charge in [-0.1, -0.05) is 46.5 Å². The molecule has 2 atom stereocenters. The summed E-state index contributed by atoms with van der Waals surface area (Å²) in [6, 6.07) is 0. The molecule has 0 amide bonds. The standard InChI is InChI=1S/C14H28O3/c1-6-7-8-9-10-14(4,16)12(11(2)3)13(15)17-5/h11-12,16H,6-10H2,1-5H3. The first-order valence-electron chi connectivity index (χ1n) is 6.67. The number of hydrogen-bond acceptors (Lipinski definition) is 3. The van der Waals surface area contributed by atoms with Crippen molar-refractivity contribution in [2.45, 2.75) is 65.4 Å². The molecule has 0 bridgehead atoms. The molecule has 102 valence electrons. The maximum absolute atomic E-state index is 11.7. The highest BCUT2D eigenvalue weighted by Gasteiger charge is 2.39. The molecule has 3 nitrogen and oxygen atoms in total. The van der Waals surface area contributed by atoms with Gasteiger partial charge in [0.15, 0.2) is 0 Å². The van der Waals surface area contributed by atoms with E-state index in [1.807, 2.05) is 13.8 Å². The van der Waals surface area contributed by atoms with Gasteiger partial charge in [-0.2, -0.15) is 0 Å². The number of methoxy groups -OCH3 is 1. The Morgan fingerprint density at radius 3 is 2.29 bits per heavy atom. The van der Waals surface area contributed by atoms with Crippen LogP contribution in [0.1, 0.15) is 59.8 Å². The van der Waals surface area contributed by atoms with Gasteiger partial charge in [-0.25, -0.2) is 0 Å². The van der Waals surface area contributed by atoms with E-state index >= 15 is 0 Å². The maximum atomic E-state index is 11.7. The molecule has 2 unspecified atom stereocenters. The summed E-state index contributed by atoms with van der Waals surface area (Å²) in [6.07, 6.45) is 5.08. The summed E-state index contributed by atoms with van der Waals surface area (Å²) in [5.41, 5.74) is -0.963. The van der Waals surface area contributed by atoms with Gasteiger partial charge in [0.25, 0.3) is 0 Å². The maximum Gasteiger partial charge on any atom is 0.311 e. The SMILES string of the molecule is CCCCCCC(C)(O)C(C(=O)OC)C(C)C. The van der Waals surface area contributed by atoms with Crippen molar-refractivity contribution >= 4 is 5.97 Å². The van der Waals surface area contributed by atoms with Crippen LogP contribution < -0.4 is 0 Å². The van der Waals surface area contributed by atoms with Crippen LogP contribution in [0.5, 0.6) is 0 Å². The van der Waals surface area contributed by atoms with Gasteiger partial charge in [0.2, 0.25) is 0 Å². The van der Waals surface area contributed by atoms with E-state index in [-0.39, 0.29) is 11.9 Å². The highest BCUT2D eigenvalue weighted by atomic mass is 16.5. The number of unbranched alkanes of at least 4 members (excludes halogenated alkanes) is 3. The van der Waals surface area contributed by atoms with Crippen LogP contribution in [0.4, 0.5) is 0 Å². The summed E-state index contributed by atoms with van der Waals surface area (Å²) in [5, 5.41) is 10.4. The van der Waals surface area contributed by atoms with Crippen molar-refractivity contribution in [1.82, 2.24) is 0 Å². The minimum Gasteiger partial charge on any atom is -0.469 e. The van der Waals surface area contributed by atoms with Crippen molar-refractivity contribution in [3.63, 3.8) is 0 Å². The van der Waals surface area contributed by atoms with E-state index in [4.69, 9.17) is 4.74 Å². The number of carbonyl (C=O) groups is 1. The molecule has 0 saturated heterocycles. The van der Waals surface area contributed by atoms with Gasteiger partial charge in [-0.3, -0.25) is 4.79 Å². The zero-order valence-electron chi connectivity index (χ0n) is 12.0. The van der Waals surface area contributed by atoms with E-state index in [9.17, 15) is 9.90 Å². The van der Waals surface area contributed by atoms with Crippen molar-refractivity contribution in [2.24, 2.45) is 11.8 Å². The number of carbonyl (C=O) groups excluding carboxylic acids is 1. The summed E-state index contributed by atoms with van der Waals surface area (Å²) in [5.74, 6) is -0.654. The van der Waals surface area contributed by atoms with Crippen LogP contribution in [0.3, 0.4) is 0 Å². The third-order valence-electron chi connectivity index (χ3n) is 3.33. The molecule has 0 heterocycles. The fourth-order valence-electron chi connectivity index (χ4n) is 2.44. The normalized spacial score (nSPS) is 16.6. The van der Waals surface area contributed by atoms with E-state index < -0.39 is 11.5 Å². The van der Waals surface area contributed by atoms with Crippen molar-refractivity contribution in [3.8, 4) is 0 Å². The van der Waals surface area contributed by atoms with E-state index in [1.165, 1.54) is 20.0 Å². The van der Waals surface area contributed by atoms with Gasteiger partial charge >= 0.3 is 5.97 Å². The molecule has 0 aliphatic heterocycles. The molecule has 0 aromatic carbocycles. The number of rotatable bonds is 8. The Balaban J connectivity index is 4.44. The van der Waals surface area contributed by atoms with Crippen LogP contribution >= 0.6 is 0 Å². The second-order valence-corrected chi connectivity index (χ2v) is 5.41. The zero-order chi connectivity index (χ0) is 13.5. The predicted molar refractivity (Wildman–Crippen MR) is 69.7 cm³/mol. The van der Waals surface area contributed by atoms with Crippen molar-refractivity contribution < 1.29 is 14.6 Å². The summed E-state index contributed by atoms with van der Waals surface area (Å²) in [7, 11) is 1.38. The number of aliphatic hydroxyl groups is 1. The lowest BCUT2D eigenvalue weighted by Crippen LogP contribution is -2.43. The van der Waals surface area contributed by atoms with Crippen molar-refractivity contribution in [3.05, 3.63) is 0 Å². The monoisotopic (exact) mass is 244 g/mol. The van der Waals surface area contributed by atoms with Gasteiger partial charge in [-0.05, 0) is 19.3 Å². The Bertz CT molecular complexity index is 222. The second kappa shape index (κ2) is 7.70. The summed E-state index contributed by atoms with van der Waals surface area (Å²) >= 11 is 0. The van der Waals surface area contributed by atoms with Crippen LogP contribution in [0.2, 0.25) is 0 Å². The fourth-order valence-corrected chi connectivity index (χ4v) is 2.44. The molecule has 3 heteroatoms. The zero-order valence-corrected chi connectivity index (χ0v) is 12.0. The minimum atomic E-state index is -0.963. The Morgan fingerprint density at radius 2 is 1.88 bits per heavy atom. The molecule has 1 N–H and O–H groups in total. The lowest BCUT2D eigenvalue weighted by Gasteiger charge is -2.33. The van der Waals surface area contributed by atoms with E-state index in [1.54, 1.807) is 6.92 Å². The smallest absolute Gasteiger partial charge is 0.311 e. The van der Waals surface area contributed by atoms with Crippen molar-refractivity contribution in [1.29, 1.82) is 0 Å². The second-order valence-electron chi connectivity index (χ2n) is 5.41. The lowest BCUT2D eigenvalue weighted by molar-refractivity contribution is -0.158. The first-order chi connectivity index (χ1) is 7.86. The largest absolute Gasteiger partial charge is 0.469 e. The van der Waals surface area contributed by atoms with Crippen molar-refractivity contribution in [2.75, 3.05) is 7.11 Å². The Morgan fingerprint density at radius 1 is 1.29 bits per heavy atom. The van der Waals surface area contributed by atoms with Crippen LogP contribution in [0, 0.1) is 11.8 Å². The Labute approximate surface area is 106 Å². The number of esters is 1. The first-order valence-corrected chi connectivity index (χ1v) is 6.67. The van der Waals surface area contributed by atoms with Gasteiger partial charge in [0, 0.05) is 0 Å². The average molecular weight is 244 g/mol. The van der Waals surface area contributed by atoms with E-state index in [2.05, 4.69) is 6.92 Å². The molecule has 0 radical (unpaired) electrons. The third kappa shape index (κ3) is 5.53. The quantitative estimate of drug-likeness (QED) is 0.527. The molecule has 0 aromatic rings. The fraction of sp³-hybridized carbons (Fsp3) is 0.929. The Kier molecular flexibility index (Phi) is 7.44. The molecule has 0 spiro atoms. The lowest BCUT2D eigenvalue weighted by atomic mass is 9.78. The molecule has 0 aromatic heterocycles. The third-order valence-corrected chi connectivity index (χ3v) is 3.33. The summed E-state index contributed by atoms with van der Waals surface area (Å²) < 4.78 is 4.79. The summed E-state index contributed by atoms with van der Waals surface area (Å²) in [6.45, 7) is 7.80. The van der Waals surface area contributed by atoms with Crippen LogP contribution in [0.25, 0.3) is 0 Å². The first kappa shape index (κ1) is 16.4. The molecule has 0 rings (SSSR count). The van der Waals surface area contributed by atoms with Gasteiger partial charge in [0.1, 0.15) is 0 Å². The summed E-state index contributed by atoms with van der Waals surface area (Å²) in [4.78, 5) is 11.7. The van der Waals surface area contributed by atoms with Gasteiger partial charge in [-0.15, -0.1) is 0 Å². The van der Waals surface area contributed by atoms with Crippen LogP contribution in [-0.4, -0.2) is 23.8 Å². The molecule has 0 fully saturated rings. The Hall–Kier alpha value is -0.570. The van der Waals surface area contributed by atoms with E-state index in [0.717, 1.165) is 12.8 Å². The van der Waals surface area contributed by atoms with Crippen LogP contribution in [-0.2, 0) is 9.53 Å². The molecular formula is C14H28O3. The topological polar surface area (TPSA) is 46.5 Å². The van der Waals surface area contributed by atoms with Gasteiger partial charge in [0.05, 0.1) is 18.6 Å². The van der Waals surface area contributed by atoms with E-state index in [0.29, 0.717) is 6.42 Å². The average Bonchev–Trinajstić information content (AvgIpc) is 2.23. The highest BCUT2D eigenvalue weighted by molar-refractivity contribution is 5.73. The molecular weight excluding hydrogens is 216 g/mol. The van der Waals surface area contributed by atoms with Gasteiger partial charge < -0.3 is 9.84 Å². The molecule has 17 heavy (non-hydrogen) atoms. The molecule has 0 aliphatic carbocycles. The van der Waals surface area contributed by atoms with Crippen LogP contribution in [0.15, 0.2) is 0 Å². The number of hydrogen-bond donors (Lipinski definition) is 1. The molecule has 0 aliphatic rings. The minimum absolute atomic E-state index is 0.0867. The number of ether oxygens (including phenoxy) is 1. The predicted octanol–water partition coefficient (Wildman–Crippen LogP) is 3.15. The highest BCUT2D eigenvalue weighted by Crippen LogP contribution is 2.30. The molecule has 0 saturated carbocycles.